The summed E-state index contributed by atoms with van der Waals surface area (Å²) < 4.78 is 27.1. The summed E-state index contributed by atoms with van der Waals surface area (Å²) in [7, 11) is -2.32. The second-order valence-corrected chi connectivity index (χ2v) is 11.6. The van der Waals surface area contributed by atoms with Crippen molar-refractivity contribution in [3.8, 4) is 0 Å². The lowest BCUT2D eigenvalue weighted by Gasteiger charge is -2.29. The topological polar surface area (TPSA) is 107 Å². The number of nitrogens with zero attached hydrogens (tertiary/aromatic N) is 1. The molecule has 3 N–H and O–H groups in total. The largest absolute Gasteiger partial charge is 0.481 e. The summed E-state index contributed by atoms with van der Waals surface area (Å²) in [5, 5.41) is 22.7. The van der Waals surface area contributed by atoms with Gasteiger partial charge in [0.2, 0.25) is 10.0 Å². The molecule has 0 fully saturated rings. The molecule has 0 aromatic heterocycles. The molecule has 0 aliphatic rings. The molecule has 2 aromatic carbocycles. The van der Waals surface area contributed by atoms with Crippen molar-refractivity contribution in [1.82, 2.24) is 9.62 Å². The lowest BCUT2D eigenvalue weighted by molar-refractivity contribution is -0.136. The molecule has 34 heavy (non-hydrogen) atoms. The maximum absolute atomic E-state index is 13.0. The summed E-state index contributed by atoms with van der Waals surface area (Å²) >= 11 is 0. The van der Waals surface area contributed by atoms with Crippen LogP contribution in [-0.2, 0) is 27.7 Å². The summed E-state index contributed by atoms with van der Waals surface area (Å²) in [6.07, 6.45) is 2.41. The van der Waals surface area contributed by atoms with Crippen LogP contribution < -0.4 is 5.32 Å². The fourth-order valence-electron chi connectivity index (χ4n) is 3.85. The highest BCUT2D eigenvalue weighted by Gasteiger charge is 2.25. The van der Waals surface area contributed by atoms with Crippen molar-refractivity contribution < 1.29 is 23.4 Å². The van der Waals surface area contributed by atoms with Crippen LogP contribution in [0.15, 0.2) is 53.4 Å². The third-order valence-corrected chi connectivity index (χ3v) is 7.84. The summed E-state index contributed by atoms with van der Waals surface area (Å²) in [6, 6.07) is 15.0. The van der Waals surface area contributed by atoms with E-state index in [2.05, 4.69) is 31.3 Å². The Kier molecular flexibility index (Phi) is 10.2. The molecular weight excluding hydrogens is 452 g/mol. The van der Waals surface area contributed by atoms with Gasteiger partial charge in [0.05, 0.1) is 11.0 Å². The summed E-state index contributed by atoms with van der Waals surface area (Å²) in [5.74, 6) is -0.891. The Bertz CT molecular complexity index is 1040. The van der Waals surface area contributed by atoms with Crippen LogP contribution in [0, 0.1) is 6.92 Å². The number of benzene rings is 2. The zero-order chi connectivity index (χ0) is 25.4. The molecule has 2 rings (SSSR count). The lowest BCUT2D eigenvalue weighted by Crippen LogP contribution is -2.46. The van der Waals surface area contributed by atoms with Crippen molar-refractivity contribution in [2.45, 2.75) is 69.4 Å². The zero-order valence-electron chi connectivity index (χ0n) is 20.6. The van der Waals surface area contributed by atoms with E-state index in [1.54, 1.807) is 19.1 Å². The van der Waals surface area contributed by atoms with Gasteiger partial charge in [-0.05, 0) is 75.3 Å². The van der Waals surface area contributed by atoms with Crippen molar-refractivity contribution in [3.05, 3.63) is 65.2 Å². The Hall–Kier alpha value is -2.26. The van der Waals surface area contributed by atoms with Gasteiger partial charge in [-0.1, -0.05) is 36.4 Å². The van der Waals surface area contributed by atoms with E-state index in [0.717, 1.165) is 34.7 Å². The number of rotatable bonds is 14. The third-order valence-electron chi connectivity index (χ3n) is 6.02. The molecule has 7 nitrogen and oxygen atoms in total. The van der Waals surface area contributed by atoms with Crippen molar-refractivity contribution in [2.75, 3.05) is 20.1 Å². The Morgan fingerprint density at radius 3 is 2.41 bits per heavy atom. The molecule has 1 unspecified atom stereocenters. The zero-order valence-corrected chi connectivity index (χ0v) is 21.4. The Morgan fingerprint density at radius 1 is 1.12 bits per heavy atom. The number of β-amino-alcohol motifs (C(OH)–C–C–N with tert-alkyl or cyclic N) is 1. The number of aliphatic hydroxyl groups is 1. The third kappa shape index (κ3) is 8.83. The van der Waals surface area contributed by atoms with E-state index in [1.807, 2.05) is 18.2 Å². The molecule has 188 valence electrons. The number of likely N-dealkylation sites (N-methyl/N-ethyl adjacent to an activating group) is 1. The van der Waals surface area contributed by atoms with Crippen molar-refractivity contribution >= 4 is 16.0 Å². The van der Waals surface area contributed by atoms with E-state index >= 15 is 0 Å². The highest BCUT2D eigenvalue weighted by molar-refractivity contribution is 7.89. The van der Waals surface area contributed by atoms with Gasteiger partial charge in [0.1, 0.15) is 0 Å². The predicted molar refractivity (Wildman–Crippen MR) is 134 cm³/mol. The van der Waals surface area contributed by atoms with Crippen LogP contribution in [0.4, 0.5) is 0 Å². The minimum absolute atomic E-state index is 0.00532. The van der Waals surface area contributed by atoms with Crippen LogP contribution in [0.5, 0.6) is 0 Å². The molecule has 0 radical (unpaired) electrons. The minimum Gasteiger partial charge on any atom is -0.481 e. The van der Waals surface area contributed by atoms with Gasteiger partial charge < -0.3 is 15.5 Å². The van der Waals surface area contributed by atoms with Gasteiger partial charge in [-0.3, -0.25) is 4.79 Å². The maximum Gasteiger partial charge on any atom is 0.303 e. The molecular formula is C26H38N2O5S. The van der Waals surface area contributed by atoms with Gasteiger partial charge in [-0.2, -0.15) is 4.31 Å². The van der Waals surface area contributed by atoms with E-state index in [4.69, 9.17) is 5.11 Å². The number of aliphatic carboxylic acids is 1. The number of carboxylic acid groups (broad SMARTS) is 1. The first-order valence-electron chi connectivity index (χ1n) is 11.7. The number of carbonyl (C=O) groups is 1. The molecule has 0 aliphatic carbocycles. The SMILES string of the molecule is Cc1cc(S(=O)(=O)N(C)CC(O)CNC(C)(C)CCCc2ccccc2)ccc1CCC(=O)O. The van der Waals surface area contributed by atoms with E-state index in [1.165, 1.54) is 18.7 Å². The molecule has 0 saturated carbocycles. The summed E-state index contributed by atoms with van der Waals surface area (Å²) in [5.41, 5.74) is 2.66. The fraction of sp³-hybridized carbons (Fsp3) is 0.500. The number of hydrogen-bond donors (Lipinski definition) is 3. The first-order valence-corrected chi connectivity index (χ1v) is 13.1. The van der Waals surface area contributed by atoms with Crippen molar-refractivity contribution in [2.24, 2.45) is 0 Å². The smallest absolute Gasteiger partial charge is 0.303 e. The molecule has 1 atom stereocenters. The number of hydrogen-bond acceptors (Lipinski definition) is 5. The first-order chi connectivity index (χ1) is 15.9. The van der Waals surface area contributed by atoms with Crippen molar-refractivity contribution in [1.29, 1.82) is 0 Å². The van der Waals surface area contributed by atoms with E-state index in [-0.39, 0.29) is 29.9 Å². The van der Waals surface area contributed by atoms with Gasteiger partial charge >= 0.3 is 5.97 Å². The van der Waals surface area contributed by atoms with Gasteiger partial charge in [0, 0.05) is 32.1 Å². The Morgan fingerprint density at radius 2 is 1.79 bits per heavy atom. The normalized spacial score (nSPS) is 13.2. The lowest BCUT2D eigenvalue weighted by atomic mass is 9.95. The molecule has 0 saturated heterocycles. The molecule has 0 amide bonds. The molecule has 8 heteroatoms. The fourth-order valence-corrected chi connectivity index (χ4v) is 5.15. The van der Waals surface area contributed by atoms with Crippen LogP contribution in [0.1, 0.15) is 49.8 Å². The minimum atomic E-state index is -3.77. The number of carboxylic acids is 1. The van der Waals surface area contributed by atoms with Crippen LogP contribution in [0.25, 0.3) is 0 Å². The van der Waals surface area contributed by atoms with Gasteiger partial charge in [0.25, 0.3) is 0 Å². The Labute approximate surface area is 203 Å². The average Bonchev–Trinajstić information content (AvgIpc) is 2.77. The maximum atomic E-state index is 13.0. The Balaban J connectivity index is 1.86. The highest BCUT2D eigenvalue weighted by Crippen LogP contribution is 2.20. The number of aliphatic hydroxyl groups excluding tert-OH is 1. The predicted octanol–water partition coefficient (Wildman–Crippen LogP) is 3.38. The number of nitrogens with one attached hydrogen (secondary N) is 1. The second-order valence-electron chi connectivity index (χ2n) is 9.53. The highest BCUT2D eigenvalue weighted by atomic mass is 32.2. The van der Waals surface area contributed by atoms with E-state index in [0.29, 0.717) is 6.42 Å². The van der Waals surface area contributed by atoms with Gasteiger partial charge in [0.15, 0.2) is 0 Å². The second kappa shape index (κ2) is 12.4. The quantitative estimate of drug-likeness (QED) is 0.375. The van der Waals surface area contributed by atoms with Crippen LogP contribution in [-0.4, -0.2) is 60.7 Å². The summed E-state index contributed by atoms with van der Waals surface area (Å²) in [6.45, 7) is 6.19. The average molecular weight is 491 g/mol. The molecule has 0 spiro atoms. The van der Waals surface area contributed by atoms with E-state index in [9.17, 15) is 18.3 Å². The number of sulfonamides is 1. The standard InChI is InChI=1S/C26H38N2O5S/c1-20-17-24(14-12-22(20)13-15-25(30)31)34(32,33)28(4)19-23(29)18-27-26(2,3)16-8-11-21-9-6-5-7-10-21/h5-7,9-10,12,14,17,23,27,29H,8,11,13,15-16,18-19H2,1-4H3,(H,30,31). The molecule has 0 bridgehead atoms. The summed E-state index contributed by atoms with van der Waals surface area (Å²) in [4.78, 5) is 10.9. The van der Waals surface area contributed by atoms with Crippen LogP contribution in [0.3, 0.4) is 0 Å². The van der Waals surface area contributed by atoms with Gasteiger partial charge in [-0.15, -0.1) is 0 Å². The molecule has 2 aromatic rings. The van der Waals surface area contributed by atoms with Crippen LogP contribution >= 0.6 is 0 Å². The van der Waals surface area contributed by atoms with Crippen molar-refractivity contribution in [3.63, 3.8) is 0 Å². The van der Waals surface area contributed by atoms with Crippen LogP contribution in [0.2, 0.25) is 0 Å². The monoisotopic (exact) mass is 490 g/mol. The molecule has 0 aliphatic heterocycles. The number of aryl methyl sites for hydroxylation is 3. The first kappa shape index (κ1) is 28.0. The van der Waals surface area contributed by atoms with E-state index < -0.39 is 22.1 Å². The molecule has 0 heterocycles. The van der Waals surface area contributed by atoms with Gasteiger partial charge in [-0.25, -0.2) is 8.42 Å².